The van der Waals surface area contributed by atoms with Crippen molar-refractivity contribution in [2.45, 2.75) is 38.3 Å². The number of benzene rings is 2. The second-order valence-corrected chi connectivity index (χ2v) is 8.51. The van der Waals surface area contributed by atoms with E-state index in [9.17, 15) is 19.5 Å². The first kappa shape index (κ1) is 24.3. The summed E-state index contributed by atoms with van der Waals surface area (Å²) >= 11 is 0. The third-order valence-electron chi connectivity index (χ3n) is 5.61. The lowest BCUT2D eigenvalue weighted by molar-refractivity contribution is -0.143. The van der Waals surface area contributed by atoms with Crippen LogP contribution in [0.1, 0.15) is 37.3 Å². The molecule has 3 N–H and O–H groups in total. The Morgan fingerprint density at radius 2 is 1.52 bits per heavy atom. The van der Waals surface area contributed by atoms with Crippen molar-refractivity contribution in [2.75, 3.05) is 20.3 Å². The Morgan fingerprint density at radius 3 is 2.03 bits per heavy atom. The summed E-state index contributed by atoms with van der Waals surface area (Å²) in [7, 11) is 1.35. The zero-order chi connectivity index (χ0) is 24.0. The summed E-state index contributed by atoms with van der Waals surface area (Å²) in [6, 6.07) is 13.9. The molecule has 0 unspecified atom stereocenters. The van der Waals surface area contributed by atoms with E-state index >= 15 is 0 Å². The Balaban J connectivity index is 1.66. The number of amides is 2. The highest BCUT2D eigenvalue weighted by Crippen LogP contribution is 2.44. The van der Waals surface area contributed by atoms with Crippen LogP contribution in [-0.2, 0) is 19.1 Å². The van der Waals surface area contributed by atoms with Gasteiger partial charge in [-0.15, -0.1) is 0 Å². The Bertz CT molecular complexity index is 960. The van der Waals surface area contributed by atoms with E-state index in [2.05, 4.69) is 22.8 Å². The van der Waals surface area contributed by atoms with Gasteiger partial charge in [-0.05, 0) is 34.6 Å². The monoisotopic (exact) mass is 454 g/mol. The van der Waals surface area contributed by atoms with E-state index in [1.165, 1.54) is 7.11 Å². The number of methoxy groups -OCH3 is 1. The molecule has 8 heteroatoms. The van der Waals surface area contributed by atoms with Gasteiger partial charge in [0.05, 0.1) is 6.61 Å². The number of carbonyl (C=O) groups excluding carboxylic acids is 2. The van der Waals surface area contributed by atoms with Crippen molar-refractivity contribution in [1.29, 1.82) is 0 Å². The molecule has 0 aliphatic heterocycles. The second-order valence-electron chi connectivity index (χ2n) is 8.51. The van der Waals surface area contributed by atoms with Crippen LogP contribution in [0.15, 0.2) is 48.5 Å². The molecule has 0 spiro atoms. The van der Waals surface area contributed by atoms with E-state index in [0.717, 1.165) is 22.3 Å². The molecule has 1 aliphatic rings. The summed E-state index contributed by atoms with van der Waals surface area (Å²) in [6.45, 7) is 3.75. The van der Waals surface area contributed by atoms with Crippen molar-refractivity contribution < 1.29 is 29.0 Å². The molecule has 33 heavy (non-hydrogen) atoms. The van der Waals surface area contributed by atoms with E-state index in [1.807, 2.05) is 50.2 Å². The molecule has 2 aromatic carbocycles. The number of ether oxygens (including phenoxy) is 2. The Kier molecular flexibility index (Phi) is 8.06. The largest absolute Gasteiger partial charge is 0.480 e. The highest BCUT2D eigenvalue weighted by atomic mass is 16.5. The number of carboxylic acids is 1. The molecule has 0 radical (unpaired) electrons. The number of hydrogen-bond acceptors (Lipinski definition) is 5. The SMILES string of the molecule is COC[C@H](NC(=O)[C@H](CC(C)C)NC(=O)OCC1c2ccccc2-c2ccccc21)C(=O)O. The van der Waals surface area contributed by atoms with Gasteiger partial charge < -0.3 is 25.2 Å². The lowest BCUT2D eigenvalue weighted by atomic mass is 9.98. The van der Waals surface area contributed by atoms with Gasteiger partial charge in [0.1, 0.15) is 12.6 Å². The summed E-state index contributed by atoms with van der Waals surface area (Å²) in [4.78, 5) is 36.6. The van der Waals surface area contributed by atoms with Gasteiger partial charge >= 0.3 is 12.1 Å². The first-order valence-electron chi connectivity index (χ1n) is 11.0. The van der Waals surface area contributed by atoms with Crippen LogP contribution in [0.4, 0.5) is 4.79 Å². The molecule has 0 saturated carbocycles. The molecule has 176 valence electrons. The maximum atomic E-state index is 12.7. The summed E-state index contributed by atoms with van der Waals surface area (Å²) in [5.41, 5.74) is 4.42. The van der Waals surface area contributed by atoms with E-state index in [0.29, 0.717) is 6.42 Å². The van der Waals surface area contributed by atoms with Crippen LogP contribution in [-0.4, -0.2) is 55.5 Å². The van der Waals surface area contributed by atoms with Gasteiger partial charge in [0, 0.05) is 13.0 Å². The normalized spacial score (nSPS) is 14.2. The molecule has 2 aromatic rings. The third kappa shape index (κ3) is 5.90. The third-order valence-corrected chi connectivity index (χ3v) is 5.61. The summed E-state index contributed by atoms with van der Waals surface area (Å²) in [6.07, 6.45) is -0.397. The number of aliphatic carboxylic acids is 1. The maximum Gasteiger partial charge on any atom is 0.407 e. The van der Waals surface area contributed by atoms with Crippen molar-refractivity contribution in [1.82, 2.24) is 10.6 Å². The number of alkyl carbamates (subject to hydrolysis) is 1. The molecule has 8 nitrogen and oxygen atoms in total. The van der Waals surface area contributed by atoms with E-state index in [4.69, 9.17) is 9.47 Å². The van der Waals surface area contributed by atoms with E-state index in [-0.39, 0.29) is 25.0 Å². The van der Waals surface area contributed by atoms with E-state index in [1.54, 1.807) is 0 Å². The molecule has 2 atom stereocenters. The van der Waals surface area contributed by atoms with Crippen LogP contribution in [0.3, 0.4) is 0 Å². The van der Waals surface area contributed by atoms with Gasteiger partial charge in [-0.3, -0.25) is 4.79 Å². The summed E-state index contributed by atoms with van der Waals surface area (Å²) in [5.74, 6) is -1.82. The van der Waals surface area contributed by atoms with Gasteiger partial charge in [0.15, 0.2) is 6.04 Å². The van der Waals surface area contributed by atoms with Gasteiger partial charge in [-0.1, -0.05) is 62.4 Å². The zero-order valence-electron chi connectivity index (χ0n) is 19.0. The number of hydrogen-bond donors (Lipinski definition) is 3. The topological polar surface area (TPSA) is 114 Å². The Labute approximate surface area is 193 Å². The Morgan fingerprint density at radius 1 is 0.939 bits per heavy atom. The fraction of sp³-hybridized carbons (Fsp3) is 0.400. The number of nitrogens with one attached hydrogen (secondary N) is 2. The molecule has 0 saturated heterocycles. The molecule has 0 bridgehead atoms. The molecule has 0 heterocycles. The van der Waals surface area contributed by atoms with Gasteiger partial charge in [-0.25, -0.2) is 9.59 Å². The maximum absolute atomic E-state index is 12.7. The van der Waals surface area contributed by atoms with Gasteiger partial charge in [-0.2, -0.15) is 0 Å². The molecular weight excluding hydrogens is 424 g/mol. The lowest BCUT2D eigenvalue weighted by Gasteiger charge is -2.23. The number of carbonyl (C=O) groups is 3. The van der Waals surface area contributed by atoms with Crippen LogP contribution in [0.5, 0.6) is 0 Å². The standard InChI is InChI=1S/C25H30N2O6/c1-15(2)12-21(23(28)26-22(14-32-3)24(29)30)27-25(31)33-13-20-18-10-6-4-8-16(18)17-9-5-7-11-19(17)20/h4-11,15,20-22H,12-14H2,1-3H3,(H,26,28)(H,27,31)(H,29,30)/t21-,22-/m0/s1. The molecule has 2 amide bonds. The van der Waals surface area contributed by atoms with E-state index < -0.39 is 30.1 Å². The van der Waals surface area contributed by atoms with Crippen LogP contribution in [0, 0.1) is 5.92 Å². The fourth-order valence-corrected chi connectivity index (χ4v) is 4.10. The Hall–Kier alpha value is -3.39. The molecular formula is C25H30N2O6. The number of rotatable bonds is 10. The number of fused-ring (bicyclic) bond motifs is 3. The molecule has 0 aromatic heterocycles. The first-order chi connectivity index (χ1) is 15.8. The fourth-order valence-electron chi connectivity index (χ4n) is 4.10. The molecule has 0 fully saturated rings. The van der Waals surface area contributed by atoms with Crippen LogP contribution in [0.25, 0.3) is 11.1 Å². The molecule has 3 rings (SSSR count). The predicted molar refractivity (Wildman–Crippen MR) is 123 cm³/mol. The second kappa shape index (κ2) is 11.0. The van der Waals surface area contributed by atoms with Crippen molar-refractivity contribution >= 4 is 18.0 Å². The number of carboxylic acid groups (broad SMARTS) is 1. The minimum Gasteiger partial charge on any atom is -0.480 e. The molecule has 1 aliphatic carbocycles. The predicted octanol–water partition coefficient (Wildman–Crippen LogP) is 3.16. The van der Waals surface area contributed by atoms with Gasteiger partial charge in [0.25, 0.3) is 0 Å². The highest BCUT2D eigenvalue weighted by Gasteiger charge is 2.31. The van der Waals surface area contributed by atoms with Crippen molar-refractivity contribution in [3.05, 3.63) is 59.7 Å². The van der Waals surface area contributed by atoms with Crippen LogP contribution >= 0.6 is 0 Å². The van der Waals surface area contributed by atoms with Crippen LogP contribution < -0.4 is 10.6 Å². The van der Waals surface area contributed by atoms with Gasteiger partial charge in [0.2, 0.25) is 5.91 Å². The summed E-state index contributed by atoms with van der Waals surface area (Å²) in [5, 5.41) is 14.3. The average Bonchev–Trinajstić information content (AvgIpc) is 3.10. The first-order valence-corrected chi connectivity index (χ1v) is 11.0. The minimum absolute atomic E-state index is 0.0836. The average molecular weight is 455 g/mol. The van der Waals surface area contributed by atoms with Crippen molar-refractivity contribution in [3.8, 4) is 11.1 Å². The van der Waals surface area contributed by atoms with Crippen LogP contribution in [0.2, 0.25) is 0 Å². The van der Waals surface area contributed by atoms with Crippen molar-refractivity contribution in [3.63, 3.8) is 0 Å². The summed E-state index contributed by atoms with van der Waals surface area (Å²) < 4.78 is 10.4. The smallest absolute Gasteiger partial charge is 0.407 e. The highest BCUT2D eigenvalue weighted by molar-refractivity contribution is 5.89. The van der Waals surface area contributed by atoms with Crippen molar-refractivity contribution in [2.24, 2.45) is 5.92 Å². The lowest BCUT2D eigenvalue weighted by Crippen LogP contribution is -2.53. The zero-order valence-corrected chi connectivity index (χ0v) is 19.0. The quantitative estimate of drug-likeness (QED) is 0.508. The minimum atomic E-state index is -1.21.